The SMILES string of the molecule is Cc1ccccc1NCCN1CCSC(C)C1. The molecular formula is C14H22N2S. The highest BCUT2D eigenvalue weighted by Gasteiger charge is 2.15. The number of benzene rings is 1. The van der Waals surface area contributed by atoms with Gasteiger partial charge >= 0.3 is 0 Å². The summed E-state index contributed by atoms with van der Waals surface area (Å²) in [5.74, 6) is 1.28. The first kappa shape index (κ1) is 12.8. The van der Waals surface area contributed by atoms with Crippen LogP contribution < -0.4 is 5.32 Å². The molecular weight excluding hydrogens is 228 g/mol. The number of para-hydroxylation sites is 1. The number of hydrogen-bond acceptors (Lipinski definition) is 3. The highest BCUT2D eigenvalue weighted by Crippen LogP contribution is 2.17. The molecule has 1 unspecified atom stereocenters. The van der Waals surface area contributed by atoms with Crippen LogP contribution in [0.5, 0.6) is 0 Å². The van der Waals surface area contributed by atoms with Crippen LogP contribution in [-0.2, 0) is 0 Å². The Kier molecular flexibility index (Phi) is 4.75. The minimum atomic E-state index is 0.794. The fourth-order valence-corrected chi connectivity index (χ4v) is 3.30. The highest BCUT2D eigenvalue weighted by molar-refractivity contribution is 7.99. The standard InChI is InChI=1S/C14H22N2S/c1-12-5-3-4-6-14(12)15-7-8-16-9-10-17-13(2)11-16/h3-6,13,15H,7-11H2,1-2H3. The van der Waals surface area contributed by atoms with E-state index in [4.69, 9.17) is 0 Å². The average molecular weight is 250 g/mol. The molecule has 1 aliphatic rings. The van der Waals surface area contributed by atoms with Crippen LogP contribution in [0.4, 0.5) is 5.69 Å². The first-order valence-electron chi connectivity index (χ1n) is 6.39. The number of nitrogens with zero attached hydrogens (tertiary/aromatic N) is 1. The number of anilines is 1. The van der Waals surface area contributed by atoms with Crippen molar-refractivity contribution in [3.8, 4) is 0 Å². The molecule has 1 aliphatic heterocycles. The molecule has 3 heteroatoms. The molecule has 1 fully saturated rings. The molecule has 1 atom stereocenters. The van der Waals surface area contributed by atoms with Gasteiger partial charge in [0.05, 0.1) is 0 Å². The largest absolute Gasteiger partial charge is 0.384 e. The minimum Gasteiger partial charge on any atom is -0.384 e. The van der Waals surface area contributed by atoms with E-state index < -0.39 is 0 Å². The molecule has 1 aromatic carbocycles. The minimum absolute atomic E-state index is 0.794. The van der Waals surface area contributed by atoms with Crippen LogP contribution in [0, 0.1) is 6.92 Å². The fourth-order valence-electron chi connectivity index (χ4n) is 2.21. The molecule has 2 rings (SSSR count). The third-order valence-electron chi connectivity index (χ3n) is 3.21. The van der Waals surface area contributed by atoms with Gasteiger partial charge in [-0.2, -0.15) is 11.8 Å². The zero-order valence-corrected chi connectivity index (χ0v) is 11.6. The molecule has 0 spiro atoms. The summed E-state index contributed by atoms with van der Waals surface area (Å²) < 4.78 is 0. The summed E-state index contributed by atoms with van der Waals surface area (Å²) in [6.45, 7) is 9.15. The molecule has 0 bridgehead atoms. The lowest BCUT2D eigenvalue weighted by atomic mass is 10.2. The summed E-state index contributed by atoms with van der Waals surface area (Å²) >= 11 is 2.09. The quantitative estimate of drug-likeness (QED) is 0.884. The van der Waals surface area contributed by atoms with Crippen LogP contribution in [0.15, 0.2) is 24.3 Å². The Morgan fingerprint density at radius 1 is 1.41 bits per heavy atom. The molecule has 1 aromatic rings. The topological polar surface area (TPSA) is 15.3 Å². The Bertz CT molecular complexity index is 354. The van der Waals surface area contributed by atoms with Gasteiger partial charge in [0.1, 0.15) is 0 Å². The van der Waals surface area contributed by atoms with E-state index >= 15 is 0 Å². The third kappa shape index (κ3) is 3.93. The molecule has 0 aliphatic carbocycles. The van der Waals surface area contributed by atoms with Crippen LogP contribution in [0.3, 0.4) is 0 Å². The summed E-state index contributed by atoms with van der Waals surface area (Å²) in [5.41, 5.74) is 2.60. The molecule has 2 nitrogen and oxygen atoms in total. The van der Waals surface area contributed by atoms with Crippen LogP contribution in [0.1, 0.15) is 12.5 Å². The van der Waals surface area contributed by atoms with E-state index in [1.807, 2.05) is 0 Å². The lowest BCUT2D eigenvalue weighted by molar-refractivity contribution is 0.297. The fraction of sp³-hybridized carbons (Fsp3) is 0.571. The predicted molar refractivity (Wildman–Crippen MR) is 78.0 cm³/mol. The molecule has 0 aromatic heterocycles. The van der Waals surface area contributed by atoms with Gasteiger partial charge in [0.15, 0.2) is 0 Å². The van der Waals surface area contributed by atoms with Gasteiger partial charge in [0.25, 0.3) is 0 Å². The van der Waals surface area contributed by atoms with E-state index in [1.54, 1.807) is 0 Å². The first-order valence-corrected chi connectivity index (χ1v) is 7.44. The number of rotatable bonds is 4. The zero-order chi connectivity index (χ0) is 12.1. The summed E-state index contributed by atoms with van der Waals surface area (Å²) in [6.07, 6.45) is 0. The Hall–Kier alpha value is -0.670. The van der Waals surface area contributed by atoms with Crippen LogP contribution in [-0.4, -0.2) is 42.1 Å². The molecule has 1 N–H and O–H groups in total. The zero-order valence-electron chi connectivity index (χ0n) is 10.8. The number of hydrogen-bond donors (Lipinski definition) is 1. The second kappa shape index (κ2) is 6.31. The number of nitrogens with one attached hydrogen (secondary N) is 1. The van der Waals surface area contributed by atoms with E-state index in [9.17, 15) is 0 Å². The van der Waals surface area contributed by atoms with Crippen LogP contribution in [0.25, 0.3) is 0 Å². The molecule has 0 radical (unpaired) electrons. The molecule has 1 saturated heterocycles. The molecule has 1 heterocycles. The maximum absolute atomic E-state index is 3.53. The van der Waals surface area contributed by atoms with Crippen LogP contribution >= 0.6 is 11.8 Å². The average Bonchev–Trinajstić information content (AvgIpc) is 2.32. The molecule has 0 amide bonds. The Labute approximate surface area is 109 Å². The number of aryl methyl sites for hydroxylation is 1. The first-order chi connectivity index (χ1) is 8.25. The maximum Gasteiger partial charge on any atom is 0.0370 e. The van der Waals surface area contributed by atoms with E-state index in [0.717, 1.165) is 18.3 Å². The van der Waals surface area contributed by atoms with E-state index in [1.165, 1.54) is 30.1 Å². The summed E-state index contributed by atoms with van der Waals surface area (Å²) in [4.78, 5) is 2.56. The predicted octanol–water partition coefficient (Wildman–Crippen LogP) is 2.84. The molecule has 0 saturated carbocycles. The van der Waals surface area contributed by atoms with Crippen molar-refractivity contribution in [3.63, 3.8) is 0 Å². The summed E-state index contributed by atoms with van der Waals surface area (Å²) in [5, 5.41) is 4.32. The van der Waals surface area contributed by atoms with Crippen molar-refractivity contribution in [1.29, 1.82) is 0 Å². The smallest absolute Gasteiger partial charge is 0.0370 e. The van der Waals surface area contributed by atoms with Crippen molar-refractivity contribution in [1.82, 2.24) is 4.90 Å². The Morgan fingerprint density at radius 3 is 3.00 bits per heavy atom. The van der Waals surface area contributed by atoms with E-state index in [-0.39, 0.29) is 0 Å². The van der Waals surface area contributed by atoms with Gasteiger partial charge in [-0.15, -0.1) is 0 Å². The van der Waals surface area contributed by atoms with Gasteiger partial charge in [0.2, 0.25) is 0 Å². The maximum atomic E-state index is 3.53. The van der Waals surface area contributed by atoms with Gasteiger partial charge in [0, 0.05) is 42.9 Å². The van der Waals surface area contributed by atoms with Gasteiger partial charge in [-0.05, 0) is 18.6 Å². The Balaban J connectivity index is 1.74. The molecule has 17 heavy (non-hydrogen) atoms. The highest BCUT2D eigenvalue weighted by atomic mass is 32.2. The van der Waals surface area contributed by atoms with Crippen molar-refractivity contribution >= 4 is 17.4 Å². The van der Waals surface area contributed by atoms with Gasteiger partial charge in [-0.25, -0.2) is 0 Å². The second-order valence-corrected chi connectivity index (χ2v) is 6.27. The third-order valence-corrected chi connectivity index (χ3v) is 4.35. The molecule has 94 valence electrons. The van der Waals surface area contributed by atoms with E-state index in [2.05, 4.69) is 60.1 Å². The van der Waals surface area contributed by atoms with Crippen molar-refractivity contribution < 1.29 is 0 Å². The normalized spacial score (nSPS) is 21.4. The summed E-state index contributed by atoms with van der Waals surface area (Å²) in [6, 6.07) is 8.49. The Morgan fingerprint density at radius 2 is 2.24 bits per heavy atom. The van der Waals surface area contributed by atoms with E-state index in [0.29, 0.717) is 0 Å². The van der Waals surface area contributed by atoms with Crippen molar-refractivity contribution in [2.45, 2.75) is 19.1 Å². The number of thioether (sulfide) groups is 1. The van der Waals surface area contributed by atoms with Crippen molar-refractivity contribution in [2.24, 2.45) is 0 Å². The van der Waals surface area contributed by atoms with Crippen molar-refractivity contribution in [2.75, 3.05) is 37.2 Å². The van der Waals surface area contributed by atoms with Gasteiger partial charge < -0.3 is 5.32 Å². The second-order valence-electron chi connectivity index (χ2n) is 4.72. The monoisotopic (exact) mass is 250 g/mol. The lowest BCUT2D eigenvalue weighted by Gasteiger charge is -2.30. The summed E-state index contributed by atoms with van der Waals surface area (Å²) in [7, 11) is 0. The van der Waals surface area contributed by atoms with Gasteiger partial charge in [-0.3, -0.25) is 4.90 Å². The van der Waals surface area contributed by atoms with Crippen molar-refractivity contribution in [3.05, 3.63) is 29.8 Å². The van der Waals surface area contributed by atoms with Gasteiger partial charge in [-0.1, -0.05) is 25.1 Å². The van der Waals surface area contributed by atoms with Crippen LogP contribution in [0.2, 0.25) is 0 Å². The lowest BCUT2D eigenvalue weighted by Crippen LogP contribution is -2.39.